The van der Waals surface area contributed by atoms with E-state index in [4.69, 9.17) is 13.7 Å². The molecule has 0 aliphatic carbocycles. The molecule has 1 aromatic rings. The highest BCUT2D eigenvalue weighted by atomic mass is 32.2. The number of carbonyl (C=O) groups is 2. The van der Waals surface area contributed by atoms with Crippen LogP contribution in [0.5, 0.6) is 5.75 Å². The number of benzene rings is 1. The molecule has 25 heavy (non-hydrogen) atoms. The smallest absolute Gasteiger partial charge is 0.407 e. The number of alkyl carbamates (subject to hydrolysis) is 1. The summed E-state index contributed by atoms with van der Waals surface area (Å²) < 4.78 is 37.1. The first-order chi connectivity index (χ1) is 11.4. The number of nitrogens with one attached hydrogen (secondary N) is 1. The zero-order valence-corrected chi connectivity index (χ0v) is 15.7. The molecule has 1 rings (SSSR count). The number of hydrogen-bond donors (Lipinski definition) is 1. The van der Waals surface area contributed by atoms with Gasteiger partial charge in [-0.05, 0) is 38.5 Å². The Morgan fingerprint density at radius 3 is 2.40 bits per heavy atom. The van der Waals surface area contributed by atoms with Crippen LogP contribution in [0, 0.1) is 0 Å². The first kappa shape index (κ1) is 20.8. The van der Waals surface area contributed by atoms with Gasteiger partial charge in [0.1, 0.15) is 11.4 Å². The SMILES string of the molecule is COC(=O)C(CNC(=O)OC(C)(C)C)c1cccc(OS(C)(=O)=O)c1. The van der Waals surface area contributed by atoms with Crippen molar-refractivity contribution in [3.8, 4) is 5.75 Å². The van der Waals surface area contributed by atoms with Crippen LogP contribution in [0.25, 0.3) is 0 Å². The van der Waals surface area contributed by atoms with Gasteiger partial charge in [0.2, 0.25) is 0 Å². The summed E-state index contributed by atoms with van der Waals surface area (Å²) in [7, 11) is -2.48. The summed E-state index contributed by atoms with van der Waals surface area (Å²) in [5, 5.41) is 2.50. The van der Waals surface area contributed by atoms with Gasteiger partial charge in [0.05, 0.1) is 19.3 Å². The molecule has 0 aliphatic heterocycles. The monoisotopic (exact) mass is 373 g/mol. The molecule has 0 aliphatic rings. The van der Waals surface area contributed by atoms with E-state index in [2.05, 4.69) is 5.32 Å². The Hall–Kier alpha value is -2.29. The third-order valence-electron chi connectivity index (χ3n) is 2.84. The fourth-order valence-electron chi connectivity index (χ4n) is 1.94. The maximum Gasteiger partial charge on any atom is 0.407 e. The second-order valence-electron chi connectivity index (χ2n) is 6.32. The summed E-state index contributed by atoms with van der Waals surface area (Å²) in [5.41, 5.74) is -0.238. The van der Waals surface area contributed by atoms with Gasteiger partial charge in [0.25, 0.3) is 0 Å². The van der Waals surface area contributed by atoms with Crippen LogP contribution in [0.15, 0.2) is 24.3 Å². The van der Waals surface area contributed by atoms with Gasteiger partial charge in [0.15, 0.2) is 0 Å². The van der Waals surface area contributed by atoms with E-state index in [0.29, 0.717) is 5.56 Å². The van der Waals surface area contributed by atoms with Crippen molar-refractivity contribution in [2.75, 3.05) is 19.9 Å². The van der Waals surface area contributed by atoms with Crippen molar-refractivity contribution in [1.82, 2.24) is 5.32 Å². The van der Waals surface area contributed by atoms with Gasteiger partial charge < -0.3 is 19.0 Å². The summed E-state index contributed by atoms with van der Waals surface area (Å²) in [5.74, 6) is -1.38. The molecule has 9 heteroatoms. The first-order valence-electron chi connectivity index (χ1n) is 7.45. The van der Waals surface area contributed by atoms with Gasteiger partial charge >= 0.3 is 22.2 Å². The lowest BCUT2D eigenvalue weighted by Crippen LogP contribution is -2.36. The molecule has 0 spiro atoms. The quantitative estimate of drug-likeness (QED) is 0.598. The minimum Gasteiger partial charge on any atom is -0.468 e. The normalized spacial score (nSPS) is 12.8. The van der Waals surface area contributed by atoms with E-state index in [9.17, 15) is 18.0 Å². The number of esters is 1. The molecule has 8 nitrogen and oxygen atoms in total. The highest BCUT2D eigenvalue weighted by Crippen LogP contribution is 2.23. The number of rotatable bonds is 6. The summed E-state index contributed by atoms with van der Waals surface area (Å²) in [6.07, 6.45) is 0.242. The number of methoxy groups -OCH3 is 1. The van der Waals surface area contributed by atoms with Crippen LogP contribution in [0.2, 0.25) is 0 Å². The van der Waals surface area contributed by atoms with Crippen molar-refractivity contribution in [3.63, 3.8) is 0 Å². The van der Waals surface area contributed by atoms with Gasteiger partial charge in [-0.1, -0.05) is 12.1 Å². The molecule has 0 aromatic heterocycles. The van der Waals surface area contributed by atoms with Crippen molar-refractivity contribution < 1.29 is 31.7 Å². The number of carbonyl (C=O) groups excluding carboxylic acids is 2. The summed E-state index contributed by atoms with van der Waals surface area (Å²) in [4.78, 5) is 23.8. The molecule has 0 radical (unpaired) electrons. The second-order valence-corrected chi connectivity index (χ2v) is 7.89. The second kappa shape index (κ2) is 8.19. The van der Waals surface area contributed by atoms with Crippen LogP contribution in [0.4, 0.5) is 4.79 Å². The van der Waals surface area contributed by atoms with Gasteiger partial charge in [0, 0.05) is 6.54 Å². The number of hydrogen-bond acceptors (Lipinski definition) is 7. The molecule has 1 unspecified atom stereocenters. The van der Waals surface area contributed by atoms with Gasteiger partial charge in [-0.2, -0.15) is 8.42 Å². The predicted octanol–water partition coefficient (Wildman–Crippen LogP) is 1.81. The van der Waals surface area contributed by atoms with Crippen molar-refractivity contribution in [2.45, 2.75) is 32.3 Å². The predicted molar refractivity (Wildman–Crippen MR) is 90.9 cm³/mol. The average molecular weight is 373 g/mol. The summed E-state index contributed by atoms with van der Waals surface area (Å²) in [6.45, 7) is 5.08. The summed E-state index contributed by atoms with van der Waals surface area (Å²) >= 11 is 0. The number of amides is 1. The van der Waals surface area contributed by atoms with Gasteiger partial charge in [-0.25, -0.2) is 4.79 Å². The van der Waals surface area contributed by atoms with E-state index in [1.807, 2.05) is 0 Å². The molecule has 1 aromatic carbocycles. The van der Waals surface area contributed by atoms with Crippen molar-refractivity contribution in [3.05, 3.63) is 29.8 Å². The van der Waals surface area contributed by atoms with Crippen LogP contribution in [-0.4, -0.2) is 46.0 Å². The zero-order chi connectivity index (χ0) is 19.3. The Balaban J connectivity index is 2.94. The van der Waals surface area contributed by atoms with Crippen molar-refractivity contribution >= 4 is 22.2 Å². The van der Waals surface area contributed by atoms with E-state index >= 15 is 0 Å². The number of ether oxygens (including phenoxy) is 2. The molecule has 0 fully saturated rings. The standard InChI is InChI=1S/C16H23NO7S/c1-16(2,3)23-15(19)17-10-13(14(18)22-4)11-7-6-8-12(9-11)24-25(5,20)21/h6-9,13H,10H2,1-5H3,(H,17,19). The van der Waals surface area contributed by atoms with Crippen LogP contribution in [0.1, 0.15) is 32.3 Å². The molecule has 140 valence electrons. The zero-order valence-electron chi connectivity index (χ0n) is 14.9. The average Bonchev–Trinajstić information content (AvgIpc) is 2.43. The highest BCUT2D eigenvalue weighted by Gasteiger charge is 2.24. The Bertz CT molecular complexity index is 722. The fraction of sp³-hybridized carbons (Fsp3) is 0.500. The Labute approximate surface area is 147 Å². The molecule has 1 amide bonds. The molecule has 0 saturated heterocycles. The first-order valence-corrected chi connectivity index (χ1v) is 9.27. The van der Waals surface area contributed by atoms with Crippen LogP contribution in [0.3, 0.4) is 0 Å². The van der Waals surface area contributed by atoms with Crippen molar-refractivity contribution in [1.29, 1.82) is 0 Å². The molecule has 0 heterocycles. The van der Waals surface area contributed by atoms with E-state index in [-0.39, 0.29) is 12.3 Å². The molecular formula is C16H23NO7S. The third-order valence-corrected chi connectivity index (χ3v) is 3.34. The van der Waals surface area contributed by atoms with E-state index in [1.54, 1.807) is 32.9 Å². The topological polar surface area (TPSA) is 108 Å². The van der Waals surface area contributed by atoms with Crippen LogP contribution >= 0.6 is 0 Å². The molecule has 0 saturated carbocycles. The molecule has 0 bridgehead atoms. The summed E-state index contributed by atoms with van der Waals surface area (Å²) in [6, 6.07) is 5.99. The maximum atomic E-state index is 12.0. The fourth-order valence-corrected chi connectivity index (χ4v) is 2.39. The lowest BCUT2D eigenvalue weighted by Gasteiger charge is -2.21. The minimum atomic E-state index is -3.70. The van der Waals surface area contributed by atoms with Crippen LogP contribution < -0.4 is 9.50 Å². The minimum absolute atomic E-state index is 0.0613. The third kappa shape index (κ3) is 7.88. The van der Waals surface area contributed by atoms with E-state index in [1.165, 1.54) is 19.2 Å². The van der Waals surface area contributed by atoms with E-state index in [0.717, 1.165) is 6.26 Å². The lowest BCUT2D eigenvalue weighted by atomic mass is 9.99. The molecule has 1 N–H and O–H groups in total. The molecule has 1 atom stereocenters. The maximum absolute atomic E-state index is 12.0. The Morgan fingerprint density at radius 1 is 1.24 bits per heavy atom. The van der Waals surface area contributed by atoms with Gasteiger partial charge in [-0.15, -0.1) is 0 Å². The van der Waals surface area contributed by atoms with Crippen LogP contribution in [-0.2, 0) is 24.4 Å². The lowest BCUT2D eigenvalue weighted by molar-refractivity contribution is -0.142. The van der Waals surface area contributed by atoms with Gasteiger partial charge in [-0.3, -0.25) is 4.79 Å². The largest absolute Gasteiger partial charge is 0.468 e. The van der Waals surface area contributed by atoms with E-state index < -0.39 is 33.7 Å². The Morgan fingerprint density at radius 2 is 1.88 bits per heavy atom. The van der Waals surface area contributed by atoms with Crippen molar-refractivity contribution in [2.24, 2.45) is 0 Å². The highest BCUT2D eigenvalue weighted by molar-refractivity contribution is 7.86. The Kier molecular flexibility index (Phi) is 6.80. The molecular weight excluding hydrogens is 350 g/mol.